The predicted molar refractivity (Wildman–Crippen MR) is 77.6 cm³/mol. The zero-order valence-corrected chi connectivity index (χ0v) is 12.1. The highest BCUT2D eigenvalue weighted by Gasteiger charge is 2.12. The Kier molecular flexibility index (Phi) is 5.63. The first-order valence-electron chi connectivity index (χ1n) is 5.36. The highest BCUT2D eigenvalue weighted by atomic mass is 127. The molecule has 17 heavy (non-hydrogen) atoms. The zero-order chi connectivity index (χ0) is 12.8. The summed E-state index contributed by atoms with van der Waals surface area (Å²) >= 11 is 2.00. The van der Waals surface area contributed by atoms with E-state index in [2.05, 4.69) is 10.2 Å². The average molecular weight is 349 g/mol. The molecule has 0 aromatic heterocycles. The molecular weight excluding hydrogens is 333 g/mol. The first-order valence-corrected chi connectivity index (χ1v) is 6.44. The van der Waals surface area contributed by atoms with Crippen LogP contribution in [0.4, 0.5) is 11.4 Å². The third-order valence-electron chi connectivity index (χ3n) is 2.49. The monoisotopic (exact) mass is 349 g/mol. The fourth-order valence-electron chi connectivity index (χ4n) is 1.50. The van der Waals surface area contributed by atoms with Gasteiger partial charge in [-0.1, -0.05) is 0 Å². The molecule has 0 bridgehead atoms. The maximum Gasteiger partial charge on any atom is 0.282 e. The lowest BCUT2D eigenvalue weighted by molar-refractivity contribution is -0.385. The van der Waals surface area contributed by atoms with Crippen molar-refractivity contribution in [1.82, 2.24) is 5.32 Å². The maximum absolute atomic E-state index is 10.7. The molecule has 0 unspecified atom stereocenters. The fraction of sp³-hybridized carbons (Fsp3) is 0.455. The molecule has 0 amide bonds. The average Bonchev–Trinajstić information content (AvgIpc) is 2.28. The third kappa shape index (κ3) is 4.12. The van der Waals surface area contributed by atoms with Gasteiger partial charge in [0.15, 0.2) is 0 Å². The quantitative estimate of drug-likeness (QED) is 0.370. The molecule has 0 radical (unpaired) electrons. The number of nitro groups is 1. The zero-order valence-electron chi connectivity index (χ0n) is 9.94. The van der Waals surface area contributed by atoms with E-state index in [0.717, 1.165) is 25.2 Å². The molecular formula is C11H16IN3O2. The van der Waals surface area contributed by atoms with Crippen LogP contribution in [0.15, 0.2) is 18.2 Å². The number of hydrogen-bond donors (Lipinski definition) is 1. The minimum absolute atomic E-state index is 0.165. The van der Waals surface area contributed by atoms with Crippen molar-refractivity contribution in [2.75, 3.05) is 32.1 Å². The summed E-state index contributed by atoms with van der Waals surface area (Å²) in [7, 11) is 3.92. The molecule has 6 heteroatoms. The van der Waals surface area contributed by atoms with E-state index in [1.807, 2.05) is 42.8 Å². The number of rotatable bonds is 6. The van der Waals surface area contributed by atoms with E-state index in [4.69, 9.17) is 0 Å². The van der Waals surface area contributed by atoms with Gasteiger partial charge in [-0.2, -0.15) is 0 Å². The maximum atomic E-state index is 10.7. The van der Waals surface area contributed by atoms with Gasteiger partial charge in [-0.3, -0.25) is 10.1 Å². The van der Waals surface area contributed by atoms with Gasteiger partial charge < -0.3 is 10.2 Å². The molecule has 1 N–H and O–H groups in total. The predicted octanol–water partition coefficient (Wildman–Crippen LogP) is 2.25. The van der Waals surface area contributed by atoms with Crippen LogP contribution in [0, 0.1) is 13.7 Å². The van der Waals surface area contributed by atoms with Gasteiger partial charge in [0.2, 0.25) is 0 Å². The molecule has 1 aromatic rings. The van der Waals surface area contributed by atoms with Gasteiger partial charge in [-0.05, 0) is 54.7 Å². The molecule has 0 fully saturated rings. The van der Waals surface area contributed by atoms with E-state index in [1.165, 1.54) is 0 Å². The topological polar surface area (TPSA) is 58.4 Å². The molecule has 0 atom stereocenters. The molecule has 94 valence electrons. The number of anilines is 1. The largest absolute Gasteiger partial charge is 0.375 e. The molecule has 0 saturated heterocycles. The van der Waals surface area contributed by atoms with Gasteiger partial charge in [0.05, 0.1) is 8.49 Å². The minimum atomic E-state index is -0.355. The highest BCUT2D eigenvalue weighted by Crippen LogP contribution is 2.25. The standard InChI is InChI=1S/C11H16IN3O2/c1-13-6-3-7-14(2)9-4-5-11(15(16)17)10(12)8-9/h4-5,8,13H,3,6-7H2,1-2H3. The molecule has 0 aliphatic heterocycles. The normalized spacial score (nSPS) is 10.3. The Labute approximate surface area is 114 Å². The van der Waals surface area contributed by atoms with E-state index >= 15 is 0 Å². The van der Waals surface area contributed by atoms with E-state index in [9.17, 15) is 10.1 Å². The van der Waals surface area contributed by atoms with Crippen molar-refractivity contribution >= 4 is 34.0 Å². The summed E-state index contributed by atoms with van der Waals surface area (Å²) in [5.74, 6) is 0. The van der Waals surface area contributed by atoms with Crippen LogP contribution in [0.5, 0.6) is 0 Å². The number of hydrogen-bond acceptors (Lipinski definition) is 4. The second-order valence-electron chi connectivity index (χ2n) is 3.77. The Morgan fingerprint density at radius 1 is 1.53 bits per heavy atom. The summed E-state index contributed by atoms with van der Waals surface area (Å²) in [5, 5.41) is 13.8. The number of nitrogens with zero attached hydrogens (tertiary/aromatic N) is 2. The van der Waals surface area contributed by atoms with Crippen LogP contribution >= 0.6 is 22.6 Å². The molecule has 1 aromatic carbocycles. The minimum Gasteiger partial charge on any atom is -0.375 e. The Balaban J connectivity index is 2.72. The molecule has 1 rings (SSSR count). The Morgan fingerprint density at radius 3 is 2.76 bits per heavy atom. The first-order chi connectivity index (χ1) is 8.06. The van der Waals surface area contributed by atoms with Crippen molar-refractivity contribution in [3.05, 3.63) is 31.9 Å². The van der Waals surface area contributed by atoms with Crippen LogP contribution in [0.2, 0.25) is 0 Å². The van der Waals surface area contributed by atoms with Crippen molar-refractivity contribution < 1.29 is 4.92 Å². The van der Waals surface area contributed by atoms with Crippen molar-refractivity contribution in [2.45, 2.75) is 6.42 Å². The van der Waals surface area contributed by atoms with E-state index in [1.54, 1.807) is 12.1 Å². The van der Waals surface area contributed by atoms with Crippen molar-refractivity contribution in [1.29, 1.82) is 0 Å². The summed E-state index contributed by atoms with van der Waals surface area (Å²) in [6.07, 6.45) is 1.04. The Bertz CT molecular complexity index is 398. The lowest BCUT2D eigenvalue weighted by Gasteiger charge is -2.19. The lowest BCUT2D eigenvalue weighted by atomic mass is 10.2. The summed E-state index contributed by atoms with van der Waals surface area (Å²) in [6, 6.07) is 5.20. The summed E-state index contributed by atoms with van der Waals surface area (Å²) in [4.78, 5) is 12.4. The number of benzene rings is 1. The molecule has 0 aliphatic rings. The van der Waals surface area contributed by atoms with Gasteiger partial charge in [0.25, 0.3) is 5.69 Å². The van der Waals surface area contributed by atoms with Crippen LogP contribution in [-0.2, 0) is 0 Å². The van der Waals surface area contributed by atoms with E-state index in [-0.39, 0.29) is 10.6 Å². The fourth-order valence-corrected chi connectivity index (χ4v) is 2.20. The van der Waals surface area contributed by atoms with Crippen molar-refractivity contribution in [3.8, 4) is 0 Å². The molecule has 0 heterocycles. The Hall–Kier alpha value is -0.890. The second-order valence-corrected chi connectivity index (χ2v) is 4.93. The van der Waals surface area contributed by atoms with Gasteiger partial charge in [-0.25, -0.2) is 0 Å². The smallest absolute Gasteiger partial charge is 0.282 e. The Morgan fingerprint density at radius 2 is 2.24 bits per heavy atom. The van der Waals surface area contributed by atoms with Gasteiger partial charge in [0, 0.05) is 25.3 Å². The van der Waals surface area contributed by atoms with Gasteiger partial charge in [-0.15, -0.1) is 0 Å². The molecule has 5 nitrogen and oxygen atoms in total. The van der Waals surface area contributed by atoms with Crippen LogP contribution in [0.25, 0.3) is 0 Å². The van der Waals surface area contributed by atoms with E-state index in [0.29, 0.717) is 3.57 Å². The van der Waals surface area contributed by atoms with Crippen LogP contribution < -0.4 is 10.2 Å². The number of nitrogens with one attached hydrogen (secondary N) is 1. The summed E-state index contributed by atoms with van der Waals surface area (Å²) in [6.45, 7) is 1.89. The third-order valence-corrected chi connectivity index (χ3v) is 3.35. The SMILES string of the molecule is CNCCCN(C)c1ccc([N+](=O)[O-])c(I)c1. The van der Waals surface area contributed by atoms with Crippen molar-refractivity contribution in [2.24, 2.45) is 0 Å². The second kappa shape index (κ2) is 6.75. The van der Waals surface area contributed by atoms with Crippen LogP contribution in [0.3, 0.4) is 0 Å². The molecule has 0 aliphatic carbocycles. The summed E-state index contributed by atoms with van der Waals surface area (Å²) in [5.41, 5.74) is 1.18. The van der Waals surface area contributed by atoms with Crippen LogP contribution in [0.1, 0.15) is 6.42 Å². The van der Waals surface area contributed by atoms with Crippen molar-refractivity contribution in [3.63, 3.8) is 0 Å². The summed E-state index contributed by atoms with van der Waals surface area (Å²) < 4.78 is 0.672. The molecule has 0 spiro atoms. The van der Waals surface area contributed by atoms with Gasteiger partial charge in [0.1, 0.15) is 0 Å². The lowest BCUT2D eigenvalue weighted by Crippen LogP contribution is -2.22. The van der Waals surface area contributed by atoms with E-state index < -0.39 is 0 Å². The number of nitro benzene ring substituents is 1. The van der Waals surface area contributed by atoms with Crippen LogP contribution in [-0.4, -0.2) is 32.1 Å². The van der Waals surface area contributed by atoms with Gasteiger partial charge >= 0.3 is 0 Å². The first kappa shape index (κ1) is 14.2. The number of halogens is 1. The molecule has 0 saturated carbocycles. The highest BCUT2D eigenvalue weighted by molar-refractivity contribution is 14.1.